The molecule has 1 fully saturated rings. The Kier molecular flexibility index (Phi) is 4.60. The highest BCUT2D eigenvalue weighted by Crippen LogP contribution is 2.28. The van der Waals surface area contributed by atoms with E-state index >= 15 is 0 Å². The fourth-order valence-corrected chi connectivity index (χ4v) is 2.93. The summed E-state index contributed by atoms with van der Waals surface area (Å²) in [6.07, 6.45) is 1.83. The molecule has 18 heavy (non-hydrogen) atoms. The van der Waals surface area contributed by atoms with Gasteiger partial charge in [0.15, 0.2) is 0 Å². The second kappa shape index (κ2) is 6.00. The minimum absolute atomic E-state index is 0.192. The van der Waals surface area contributed by atoms with Gasteiger partial charge in [-0.05, 0) is 38.9 Å². The first-order chi connectivity index (χ1) is 8.63. The maximum absolute atomic E-state index is 13.8. The van der Waals surface area contributed by atoms with Crippen molar-refractivity contribution in [1.29, 1.82) is 0 Å². The van der Waals surface area contributed by atoms with Crippen LogP contribution in [-0.4, -0.2) is 25.8 Å². The summed E-state index contributed by atoms with van der Waals surface area (Å²) in [5.74, 6) is 0.181. The van der Waals surface area contributed by atoms with E-state index in [-0.39, 0.29) is 18.0 Å². The van der Waals surface area contributed by atoms with Crippen molar-refractivity contribution < 1.29 is 9.13 Å². The lowest BCUT2D eigenvalue weighted by molar-refractivity contribution is 0.0962. The van der Waals surface area contributed by atoms with Gasteiger partial charge in [-0.1, -0.05) is 17.7 Å². The molecule has 0 bridgehead atoms. The van der Waals surface area contributed by atoms with Gasteiger partial charge in [0.1, 0.15) is 5.82 Å². The third kappa shape index (κ3) is 2.85. The van der Waals surface area contributed by atoms with E-state index in [0.717, 1.165) is 13.0 Å². The lowest BCUT2D eigenvalue weighted by Crippen LogP contribution is -2.39. The van der Waals surface area contributed by atoms with Crippen LogP contribution in [-0.2, 0) is 11.2 Å². The van der Waals surface area contributed by atoms with Crippen molar-refractivity contribution in [3.63, 3.8) is 0 Å². The molecule has 1 aliphatic rings. The van der Waals surface area contributed by atoms with Crippen molar-refractivity contribution in [3.8, 4) is 0 Å². The zero-order valence-corrected chi connectivity index (χ0v) is 11.5. The lowest BCUT2D eigenvalue weighted by Gasteiger charge is -2.26. The number of halogens is 2. The van der Waals surface area contributed by atoms with E-state index in [2.05, 4.69) is 12.2 Å². The second-order valence-corrected chi connectivity index (χ2v) is 5.24. The first kappa shape index (κ1) is 13.8. The highest BCUT2D eigenvalue weighted by Gasteiger charge is 2.31. The Hall–Kier alpha value is -0.640. The Morgan fingerprint density at radius 1 is 1.56 bits per heavy atom. The molecule has 1 saturated heterocycles. The number of likely N-dealkylation sites (N-methyl/N-ethyl adjacent to an activating group) is 1. The van der Waals surface area contributed by atoms with Crippen LogP contribution in [0.3, 0.4) is 0 Å². The van der Waals surface area contributed by atoms with E-state index in [4.69, 9.17) is 16.3 Å². The first-order valence-electron chi connectivity index (χ1n) is 6.35. The molecule has 1 aliphatic heterocycles. The number of nitrogens with one attached hydrogen (secondary N) is 1. The smallest absolute Gasteiger partial charge is 0.127 e. The maximum atomic E-state index is 13.8. The van der Waals surface area contributed by atoms with E-state index in [1.807, 2.05) is 7.05 Å². The quantitative estimate of drug-likeness (QED) is 0.909. The first-order valence-corrected chi connectivity index (χ1v) is 6.73. The van der Waals surface area contributed by atoms with Gasteiger partial charge in [0.2, 0.25) is 0 Å². The van der Waals surface area contributed by atoms with Gasteiger partial charge in [-0.2, -0.15) is 0 Å². The summed E-state index contributed by atoms with van der Waals surface area (Å²) >= 11 is 6.07. The second-order valence-electron chi connectivity index (χ2n) is 4.83. The molecule has 0 spiro atoms. The highest BCUT2D eigenvalue weighted by atomic mass is 35.5. The fourth-order valence-electron chi connectivity index (χ4n) is 2.69. The number of benzene rings is 1. The summed E-state index contributed by atoms with van der Waals surface area (Å²) in [6, 6.07) is 5.03. The highest BCUT2D eigenvalue weighted by molar-refractivity contribution is 6.31. The molecule has 1 N–H and O–H groups in total. The van der Waals surface area contributed by atoms with Crippen molar-refractivity contribution in [2.24, 2.45) is 5.92 Å². The molecule has 0 saturated carbocycles. The Morgan fingerprint density at radius 2 is 2.33 bits per heavy atom. The Bertz CT molecular complexity index is 393. The molecular formula is C14H19ClFNO. The SMILES string of the molecule is CNC(Cc1c(F)cccc1Cl)C1CCOC1C. The van der Waals surface area contributed by atoms with E-state index in [9.17, 15) is 4.39 Å². The van der Waals surface area contributed by atoms with Gasteiger partial charge in [-0.25, -0.2) is 4.39 Å². The van der Waals surface area contributed by atoms with E-state index in [0.29, 0.717) is 22.9 Å². The summed E-state index contributed by atoms with van der Waals surface area (Å²) in [7, 11) is 1.91. The zero-order chi connectivity index (χ0) is 13.1. The molecule has 3 atom stereocenters. The Morgan fingerprint density at radius 3 is 2.89 bits per heavy atom. The molecule has 1 heterocycles. The van der Waals surface area contributed by atoms with Crippen LogP contribution in [0, 0.1) is 11.7 Å². The number of rotatable bonds is 4. The normalized spacial score (nSPS) is 25.3. The molecular weight excluding hydrogens is 253 g/mol. The monoisotopic (exact) mass is 271 g/mol. The largest absolute Gasteiger partial charge is 0.378 e. The third-order valence-electron chi connectivity index (χ3n) is 3.81. The van der Waals surface area contributed by atoms with Crippen LogP contribution in [0.1, 0.15) is 18.9 Å². The molecule has 100 valence electrons. The van der Waals surface area contributed by atoms with Gasteiger partial charge < -0.3 is 10.1 Å². The van der Waals surface area contributed by atoms with Crippen LogP contribution in [0.25, 0.3) is 0 Å². The predicted molar refractivity (Wildman–Crippen MR) is 71.5 cm³/mol. The van der Waals surface area contributed by atoms with Gasteiger partial charge in [-0.15, -0.1) is 0 Å². The van der Waals surface area contributed by atoms with Crippen molar-refractivity contribution in [1.82, 2.24) is 5.32 Å². The van der Waals surface area contributed by atoms with E-state index in [1.54, 1.807) is 12.1 Å². The Labute approximate surface area is 112 Å². The number of ether oxygens (including phenoxy) is 1. The molecule has 1 aromatic rings. The van der Waals surface area contributed by atoms with Crippen LogP contribution < -0.4 is 5.32 Å². The minimum Gasteiger partial charge on any atom is -0.378 e. The molecule has 0 aromatic heterocycles. The third-order valence-corrected chi connectivity index (χ3v) is 4.16. The molecule has 0 amide bonds. The van der Waals surface area contributed by atoms with Gasteiger partial charge in [-0.3, -0.25) is 0 Å². The van der Waals surface area contributed by atoms with Crippen LogP contribution in [0.15, 0.2) is 18.2 Å². The van der Waals surface area contributed by atoms with Gasteiger partial charge >= 0.3 is 0 Å². The molecule has 0 radical (unpaired) electrons. The average Bonchev–Trinajstić information content (AvgIpc) is 2.76. The number of hydrogen-bond donors (Lipinski definition) is 1. The average molecular weight is 272 g/mol. The van der Waals surface area contributed by atoms with Crippen molar-refractivity contribution in [3.05, 3.63) is 34.6 Å². The van der Waals surface area contributed by atoms with Crippen molar-refractivity contribution in [2.45, 2.75) is 31.9 Å². The fraction of sp³-hybridized carbons (Fsp3) is 0.571. The molecule has 2 rings (SSSR count). The molecule has 0 aliphatic carbocycles. The topological polar surface area (TPSA) is 21.3 Å². The lowest BCUT2D eigenvalue weighted by atomic mass is 9.89. The minimum atomic E-state index is -0.227. The van der Waals surface area contributed by atoms with Crippen molar-refractivity contribution in [2.75, 3.05) is 13.7 Å². The molecule has 2 nitrogen and oxygen atoms in total. The molecule has 3 unspecified atom stereocenters. The zero-order valence-electron chi connectivity index (χ0n) is 10.7. The van der Waals surface area contributed by atoms with Gasteiger partial charge in [0.25, 0.3) is 0 Å². The summed E-state index contributed by atoms with van der Waals surface area (Å²) in [6.45, 7) is 2.86. The maximum Gasteiger partial charge on any atom is 0.127 e. The van der Waals surface area contributed by atoms with E-state index in [1.165, 1.54) is 6.07 Å². The van der Waals surface area contributed by atoms with Crippen LogP contribution in [0.2, 0.25) is 5.02 Å². The number of hydrogen-bond acceptors (Lipinski definition) is 2. The van der Waals surface area contributed by atoms with Crippen molar-refractivity contribution >= 4 is 11.6 Å². The predicted octanol–water partition coefficient (Wildman–Crippen LogP) is 3.03. The summed E-state index contributed by atoms with van der Waals surface area (Å²) in [5.41, 5.74) is 0.595. The van der Waals surface area contributed by atoms with E-state index < -0.39 is 0 Å². The molecule has 4 heteroatoms. The summed E-state index contributed by atoms with van der Waals surface area (Å²) < 4.78 is 19.4. The van der Waals surface area contributed by atoms with Gasteiger partial charge in [0, 0.05) is 29.2 Å². The summed E-state index contributed by atoms with van der Waals surface area (Å²) in [5, 5.41) is 3.77. The Balaban J connectivity index is 2.15. The van der Waals surface area contributed by atoms with Gasteiger partial charge in [0.05, 0.1) is 6.10 Å². The van der Waals surface area contributed by atoms with Crippen LogP contribution in [0.4, 0.5) is 4.39 Å². The van der Waals surface area contributed by atoms with Crippen LogP contribution >= 0.6 is 11.6 Å². The standard InChI is InChI=1S/C14H19ClFNO/c1-9-10(6-7-18-9)14(17-2)8-11-12(15)4-3-5-13(11)16/h3-5,9-10,14,17H,6-8H2,1-2H3. The van der Waals surface area contributed by atoms with Crippen LogP contribution in [0.5, 0.6) is 0 Å². The molecule has 1 aromatic carbocycles. The summed E-state index contributed by atoms with van der Waals surface area (Å²) in [4.78, 5) is 0.